The molecule has 11 heteroatoms. The standard InChI is InChI=1S/C17H16N4O6S/c1-26-13-8-5-11(9-14(13)27-2)16(23)19-20-17(28)18-15(22)10-3-6-12(7-4-10)21(24)25/h3-9H,1-2H3,(H,19,23)(H2,18,20,22,28). The van der Waals surface area contributed by atoms with Gasteiger partial charge >= 0.3 is 0 Å². The number of nitro groups is 1. The third-order valence-electron chi connectivity index (χ3n) is 3.50. The SMILES string of the molecule is COc1ccc(C(=O)NNC(=S)NC(=O)c2ccc([N+](=O)[O-])cc2)cc1OC. The Morgan fingerprint density at radius 3 is 2.11 bits per heavy atom. The van der Waals surface area contributed by atoms with Crippen molar-refractivity contribution in [3.8, 4) is 11.5 Å². The molecule has 0 fully saturated rings. The summed E-state index contributed by atoms with van der Waals surface area (Å²) in [5, 5.41) is 12.8. The molecule has 0 bridgehead atoms. The Balaban J connectivity index is 1.91. The highest BCUT2D eigenvalue weighted by molar-refractivity contribution is 7.80. The number of nitrogens with zero attached hydrogens (tertiary/aromatic N) is 1. The van der Waals surface area contributed by atoms with E-state index in [4.69, 9.17) is 21.7 Å². The number of carbonyl (C=O) groups excluding carboxylic acids is 2. The lowest BCUT2D eigenvalue weighted by atomic mass is 10.2. The molecule has 146 valence electrons. The van der Waals surface area contributed by atoms with Gasteiger partial charge in [0.05, 0.1) is 19.1 Å². The van der Waals surface area contributed by atoms with Crippen molar-refractivity contribution in [2.75, 3.05) is 14.2 Å². The van der Waals surface area contributed by atoms with E-state index >= 15 is 0 Å². The second-order valence-electron chi connectivity index (χ2n) is 5.24. The van der Waals surface area contributed by atoms with Gasteiger partial charge in [-0.15, -0.1) is 0 Å². The van der Waals surface area contributed by atoms with Gasteiger partial charge in [-0.05, 0) is 42.5 Å². The Labute approximate surface area is 164 Å². The molecule has 3 N–H and O–H groups in total. The first kappa shape index (κ1) is 20.6. The number of thiocarbonyl (C=S) groups is 1. The number of hydrazine groups is 1. The van der Waals surface area contributed by atoms with Crippen LogP contribution in [0.25, 0.3) is 0 Å². The third-order valence-corrected chi connectivity index (χ3v) is 3.71. The summed E-state index contributed by atoms with van der Waals surface area (Å²) >= 11 is 4.94. The molecule has 0 atom stereocenters. The first-order valence-corrected chi connectivity index (χ1v) is 8.14. The number of nitrogens with one attached hydrogen (secondary N) is 3. The van der Waals surface area contributed by atoms with E-state index in [1.807, 2.05) is 0 Å². The first-order chi connectivity index (χ1) is 13.3. The Hall–Kier alpha value is -3.73. The molecule has 0 aromatic heterocycles. The molecular formula is C17H16N4O6S. The number of hydrogen-bond acceptors (Lipinski definition) is 7. The second kappa shape index (κ2) is 9.28. The van der Waals surface area contributed by atoms with Crippen molar-refractivity contribution >= 4 is 34.8 Å². The number of carbonyl (C=O) groups is 2. The summed E-state index contributed by atoms with van der Waals surface area (Å²) in [7, 11) is 2.92. The number of ether oxygens (including phenoxy) is 2. The quantitative estimate of drug-likeness (QED) is 0.389. The lowest BCUT2D eigenvalue weighted by Gasteiger charge is -2.12. The molecule has 2 aromatic carbocycles. The highest BCUT2D eigenvalue weighted by Crippen LogP contribution is 2.27. The minimum Gasteiger partial charge on any atom is -0.493 e. The van der Waals surface area contributed by atoms with Crippen molar-refractivity contribution in [1.82, 2.24) is 16.2 Å². The fourth-order valence-corrected chi connectivity index (χ4v) is 2.25. The summed E-state index contributed by atoms with van der Waals surface area (Å²) in [6.45, 7) is 0. The number of methoxy groups -OCH3 is 2. The van der Waals surface area contributed by atoms with E-state index < -0.39 is 16.7 Å². The van der Waals surface area contributed by atoms with Crippen LogP contribution >= 0.6 is 12.2 Å². The zero-order valence-electron chi connectivity index (χ0n) is 14.8. The number of nitro benzene ring substituents is 1. The van der Waals surface area contributed by atoms with Crippen LogP contribution in [-0.2, 0) is 0 Å². The van der Waals surface area contributed by atoms with Gasteiger partial charge in [-0.3, -0.25) is 35.9 Å². The molecule has 2 rings (SSSR count). The monoisotopic (exact) mass is 404 g/mol. The average Bonchev–Trinajstić information content (AvgIpc) is 2.71. The summed E-state index contributed by atoms with van der Waals surface area (Å²) in [4.78, 5) is 34.3. The summed E-state index contributed by atoms with van der Waals surface area (Å²) in [5.74, 6) is -0.261. The van der Waals surface area contributed by atoms with Gasteiger partial charge in [0, 0.05) is 23.3 Å². The van der Waals surface area contributed by atoms with Gasteiger partial charge < -0.3 is 9.47 Å². The molecule has 0 saturated carbocycles. The normalized spacial score (nSPS) is 9.79. The Morgan fingerprint density at radius 2 is 1.54 bits per heavy atom. The van der Waals surface area contributed by atoms with E-state index in [0.717, 1.165) is 0 Å². The van der Waals surface area contributed by atoms with Gasteiger partial charge in [0.15, 0.2) is 16.6 Å². The molecule has 0 aliphatic rings. The molecule has 28 heavy (non-hydrogen) atoms. The summed E-state index contributed by atoms with van der Waals surface area (Å²) < 4.78 is 10.2. The van der Waals surface area contributed by atoms with Crippen molar-refractivity contribution in [1.29, 1.82) is 0 Å². The van der Waals surface area contributed by atoms with Crippen molar-refractivity contribution in [3.63, 3.8) is 0 Å². The predicted octanol–water partition coefficient (Wildman–Crippen LogP) is 1.56. The van der Waals surface area contributed by atoms with Crippen LogP contribution in [0.3, 0.4) is 0 Å². The van der Waals surface area contributed by atoms with Gasteiger partial charge in [0.1, 0.15) is 0 Å². The van der Waals surface area contributed by atoms with E-state index in [1.54, 1.807) is 6.07 Å². The van der Waals surface area contributed by atoms with Crippen molar-refractivity contribution in [3.05, 3.63) is 63.7 Å². The maximum atomic E-state index is 12.2. The van der Waals surface area contributed by atoms with Gasteiger partial charge in [-0.25, -0.2) is 0 Å². The molecule has 10 nitrogen and oxygen atoms in total. The summed E-state index contributed by atoms with van der Waals surface area (Å²) in [5.41, 5.74) is 5.04. The van der Waals surface area contributed by atoms with Crippen LogP contribution in [-0.4, -0.2) is 36.1 Å². The molecular weight excluding hydrogens is 388 g/mol. The van der Waals surface area contributed by atoms with Crippen LogP contribution < -0.4 is 25.6 Å². The lowest BCUT2D eigenvalue weighted by Crippen LogP contribution is -2.48. The van der Waals surface area contributed by atoms with Crippen LogP contribution in [0.1, 0.15) is 20.7 Å². The van der Waals surface area contributed by atoms with Gasteiger partial charge in [-0.2, -0.15) is 0 Å². The number of hydrogen-bond donors (Lipinski definition) is 3. The Kier molecular flexibility index (Phi) is 6.82. The maximum absolute atomic E-state index is 12.2. The minimum absolute atomic E-state index is 0.139. The lowest BCUT2D eigenvalue weighted by molar-refractivity contribution is -0.384. The van der Waals surface area contributed by atoms with Gasteiger partial charge in [-0.1, -0.05) is 0 Å². The predicted molar refractivity (Wildman–Crippen MR) is 103 cm³/mol. The van der Waals surface area contributed by atoms with E-state index in [-0.39, 0.29) is 21.9 Å². The summed E-state index contributed by atoms with van der Waals surface area (Å²) in [6, 6.07) is 9.55. The highest BCUT2D eigenvalue weighted by atomic mass is 32.1. The van der Waals surface area contributed by atoms with E-state index in [9.17, 15) is 19.7 Å². The Morgan fingerprint density at radius 1 is 0.929 bits per heavy atom. The molecule has 0 heterocycles. The summed E-state index contributed by atoms with van der Waals surface area (Å²) in [6.07, 6.45) is 0. The van der Waals surface area contributed by atoms with Gasteiger partial charge in [0.25, 0.3) is 17.5 Å². The smallest absolute Gasteiger partial charge is 0.269 e. The van der Waals surface area contributed by atoms with E-state index in [2.05, 4.69) is 16.2 Å². The van der Waals surface area contributed by atoms with Crippen LogP contribution in [0.15, 0.2) is 42.5 Å². The number of benzene rings is 2. The van der Waals surface area contributed by atoms with Crippen molar-refractivity contribution in [2.45, 2.75) is 0 Å². The van der Waals surface area contributed by atoms with Crippen LogP contribution in [0.2, 0.25) is 0 Å². The van der Waals surface area contributed by atoms with Crippen molar-refractivity contribution < 1.29 is 24.0 Å². The molecule has 0 radical (unpaired) electrons. The zero-order valence-corrected chi connectivity index (χ0v) is 15.7. The van der Waals surface area contributed by atoms with E-state index in [1.165, 1.54) is 50.6 Å². The zero-order chi connectivity index (χ0) is 20.7. The first-order valence-electron chi connectivity index (χ1n) is 7.74. The maximum Gasteiger partial charge on any atom is 0.269 e. The van der Waals surface area contributed by atoms with E-state index in [0.29, 0.717) is 11.5 Å². The molecule has 0 aliphatic heterocycles. The largest absolute Gasteiger partial charge is 0.493 e. The van der Waals surface area contributed by atoms with Crippen LogP contribution in [0, 0.1) is 10.1 Å². The minimum atomic E-state index is -0.590. The van der Waals surface area contributed by atoms with Crippen LogP contribution in [0.5, 0.6) is 11.5 Å². The van der Waals surface area contributed by atoms with Crippen LogP contribution in [0.4, 0.5) is 5.69 Å². The number of amides is 2. The topological polar surface area (TPSA) is 132 Å². The molecule has 2 aromatic rings. The third kappa shape index (κ3) is 5.14. The average molecular weight is 404 g/mol. The highest BCUT2D eigenvalue weighted by Gasteiger charge is 2.13. The number of non-ortho nitro benzene ring substituents is 1. The van der Waals surface area contributed by atoms with Crippen molar-refractivity contribution in [2.24, 2.45) is 0 Å². The molecule has 0 spiro atoms. The second-order valence-corrected chi connectivity index (χ2v) is 5.64. The fraction of sp³-hybridized carbons (Fsp3) is 0.118. The van der Waals surface area contributed by atoms with Gasteiger partial charge in [0.2, 0.25) is 0 Å². The number of rotatable bonds is 5. The molecule has 0 saturated heterocycles. The fourth-order valence-electron chi connectivity index (χ4n) is 2.10. The Bertz CT molecular complexity index is 916. The molecule has 2 amide bonds. The molecule has 0 unspecified atom stereocenters. The molecule has 0 aliphatic carbocycles.